The lowest BCUT2D eigenvalue weighted by atomic mass is 9.91. The van der Waals surface area contributed by atoms with Gasteiger partial charge in [0.1, 0.15) is 5.60 Å². The van der Waals surface area contributed by atoms with Gasteiger partial charge in [0.15, 0.2) is 0 Å². The molecule has 0 aliphatic carbocycles. The quantitative estimate of drug-likeness (QED) is 0.754. The van der Waals surface area contributed by atoms with E-state index >= 15 is 0 Å². The van der Waals surface area contributed by atoms with E-state index in [-0.39, 0.29) is 12.6 Å². The molecule has 146 valence electrons. The van der Waals surface area contributed by atoms with E-state index in [4.69, 9.17) is 4.74 Å². The number of hydrogen-bond acceptors (Lipinski definition) is 5. The van der Waals surface area contributed by atoms with Crippen molar-refractivity contribution in [1.29, 1.82) is 0 Å². The number of likely N-dealkylation sites (tertiary alicyclic amines) is 1. The number of nitrogens with zero attached hydrogens (tertiary/aromatic N) is 2. The van der Waals surface area contributed by atoms with Crippen molar-refractivity contribution >= 4 is 28.7 Å². The number of carbonyl (C=O) groups is 3. The minimum Gasteiger partial charge on any atom is -0.441 e. The number of rotatable bonds is 3. The minimum absolute atomic E-state index is 0.224. The van der Waals surface area contributed by atoms with E-state index in [1.165, 1.54) is 9.80 Å². The van der Waals surface area contributed by atoms with Gasteiger partial charge in [-0.05, 0) is 17.7 Å². The Labute approximate surface area is 160 Å². The fraction of sp³-hybridized carbons (Fsp3) is 0.500. The molecule has 2 fully saturated rings. The molecule has 2 aliphatic rings. The molecule has 9 heteroatoms. The second-order valence-corrected chi connectivity index (χ2v) is 8.36. The van der Waals surface area contributed by atoms with Gasteiger partial charge in [-0.2, -0.15) is 0 Å². The number of piperidine rings is 1. The van der Waals surface area contributed by atoms with Crippen LogP contribution >= 0.6 is 0 Å². The third kappa shape index (κ3) is 4.29. The molecule has 1 atom stereocenters. The third-order valence-electron chi connectivity index (χ3n) is 5.01. The Bertz CT molecular complexity index is 772. The van der Waals surface area contributed by atoms with Crippen molar-refractivity contribution in [2.24, 2.45) is 0 Å². The van der Waals surface area contributed by atoms with Crippen LogP contribution in [-0.2, 0) is 31.7 Å². The SMILES string of the molecule is CN1CC2(CCN(C(=O)C(=O)NCc3ccc(S(C)=O)cc3)CC2)OC1=O. The maximum absolute atomic E-state index is 12.4. The van der Waals surface area contributed by atoms with E-state index in [1.54, 1.807) is 37.6 Å². The van der Waals surface area contributed by atoms with Gasteiger partial charge in [0.25, 0.3) is 0 Å². The summed E-state index contributed by atoms with van der Waals surface area (Å²) in [4.78, 5) is 39.8. The van der Waals surface area contributed by atoms with Gasteiger partial charge in [-0.3, -0.25) is 13.8 Å². The highest BCUT2D eigenvalue weighted by atomic mass is 32.2. The summed E-state index contributed by atoms with van der Waals surface area (Å²) in [5.41, 5.74) is 0.282. The van der Waals surface area contributed by atoms with Crippen LogP contribution in [0.2, 0.25) is 0 Å². The van der Waals surface area contributed by atoms with Crippen LogP contribution in [0.4, 0.5) is 4.79 Å². The number of nitrogens with one attached hydrogen (secondary N) is 1. The van der Waals surface area contributed by atoms with Crippen molar-refractivity contribution in [1.82, 2.24) is 15.1 Å². The van der Waals surface area contributed by atoms with Crippen LogP contribution in [0.1, 0.15) is 18.4 Å². The molecule has 3 rings (SSSR count). The molecule has 2 saturated heterocycles. The molecule has 0 radical (unpaired) electrons. The fourth-order valence-corrected chi connectivity index (χ4v) is 3.89. The Hall–Kier alpha value is -2.42. The second-order valence-electron chi connectivity index (χ2n) is 6.98. The van der Waals surface area contributed by atoms with Gasteiger partial charge in [-0.1, -0.05) is 12.1 Å². The molecule has 0 aromatic heterocycles. The summed E-state index contributed by atoms with van der Waals surface area (Å²) < 4.78 is 16.8. The van der Waals surface area contributed by atoms with Gasteiger partial charge >= 0.3 is 17.9 Å². The van der Waals surface area contributed by atoms with Crippen molar-refractivity contribution in [2.45, 2.75) is 29.9 Å². The molecular formula is C18H23N3O5S. The summed E-state index contributed by atoms with van der Waals surface area (Å²) in [6, 6.07) is 7.03. The molecule has 1 N–H and O–H groups in total. The van der Waals surface area contributed by atoms with Crippen molar-refractivity contribution in [3.63, 3.8) is 0 Å². The first-order valence-electron chi connectivity index (χ1n) is 8.73. The fourth-order valence-electron chi connectivity index (χ4n) is 3.37. The number of hydrogen-bond donors (Lipinski definition) is 1. The molecule has 1 aromatic carbocycles. The Morgan fingerprint density at radius 1 is 1.22 bits per heavy atom. The summed E-state index contributed by atoms with van der Waals surface area (Å²) in [5, 5.41) is 2.62. The van der Waals surface area contributed by atoms with Crippen molar-refractivity contribution < 1.29 is 23.3 Å². The van der Waals surface area contributed by atoms with Crippen molar-refractivity contribution in [3.05, 3.63) is 29.8 Å². The largest absolute Gasteiger partial charge is 0.441 e. The van der Waals surface area contributed by atoms with Crippen molar-refractivity contribution in [2.75, 3.05) is 32.9 Å². The predicted molar refractivity (Wildman–Crippen MR) is 98.3 cm³/mol. The summed E-state index contributed by atoms with van der Waals surface area (Å²) in [5.74, 6) is -1.23. The Morgan fingerprint density at radius 3 is 2.37 bits per heavy atom. The van der Waals surface area contributed by atoms with Gasteiger partial charge in [-0.25, -0.2) is 4.79 Å². The van der Waals surface area contributed by atoms with Crippen LogP contribution in [-0.4, -0.2) is 70.5 Å². The van der Waals surface area contributed by atoms with E-state index < -0.39 is 28.2 Å². The van der Waals surface area contributed by atoms with Crippen LogP contribution in [0.15, 0.2) is 29.2 Å². The first-order valence-corrected chi connectivity index (χ1v) is 10.3. The first-order chi connectivity index (χ1) is 12.8. The van der Waals surface area contributed by atoms with Gasteiger partial charge < -0.3 is 19.9 Å². The van der Waals surface area contributed by atoms with Crippen LogP contribution in [0.5, 0.6) is 0 Å². The highest BCUT2D eigenvalue weighted by Gasteiger charge is 2.46. The highest BCUT2D eigenvalue weighted by Crippen LogP contribution is 2.32. The average molecular weight is 393 g/mol. The molecule has 0 saturated carbocycles. The van der Waals surface area contributed by atoms with Gasteiger partial charge in [0.05, 0.1) is 6.54 Å². The lowest BCUT2D eigenvalue weighted by molar-refractivity contribution is -0.148. The predicted octanol–water partition coefficient (Wildman–Crippen LogP) is 0.483. The molecule has 3 amide bonds. The topological polar surface area (TPSA) is 96.0 Å². The normalized spacial score (nSPS) is 19.7. The summed E-state index contributed by atoms with van der Waals surface area (Å²) in [6.07, 6.45) is 2.31. The lowest BCUT2D eigenvalue weighted by Gasteiger charge is -2.36. The number of benzene rings is 1. The van der Waals surface area contributed by atoms with Crippen LogP contribution in [0.3, 0.4) is 0 Å². The maximum Gasteiger partial charge on any atom is 0.410 e. The molecule has 1 unspecified atom stereocenters. The average Bonchev–Trinajstić information content (AvgIpc) is 2.93. The maximum atomic E-state index is 12.4. The molecule has 1 aromatic rings. The van der Waals surface area contributed by atoms with Gasteiger partial charge in [-0.15, -0.1) is 0 Å². The van der Waals surface area contributed by atoms with E-state index in [1.807, 2.05) is 0 Å². The van der Waals surface area contributed by atoms with E-state index in [0.717, 1.165) is 5.56 Å². The van der Waals surface area contributed by atoms with E-state index in [2.05, 4.69) is 5.32 Å². The highest BCUT2D eigenvalue weighted by molar-refractivity contribution is 7.84. The third-order valence-corrected chi connectivity index (χ3v) is 5.94. The number of likely N-dealkylation sites (N-methyl/N-ethyl adjacent to an activating group) is 1. The first kappa shape index (κ1) is 19.3. The Kier molecular flexibility index (Phi) is 5.50. The second kappa shape index (κ2) is 7.67. The summed E-state index contributed by atoms with van der Waals surface area (Å²) in [6.45, 7) is 1.49. The van der Waals surface area contributed by atoms with Gasteiger partial charge in [0, 0.05) is 61.5 Å². The van der Waals surface area contributed by atoms with Crippen molar-refractivity contribution in [3.8, 4) is 0 Å². The number of amides is 3. The van der Waals surface area contributed by atoms with Crippen LogP contribution in [0, 0.1) is 0 Å². The lowest BCUT2D eigenvalue weighted by Crippen LogP contribution is -2.52. The zero-order chi connectivity index (χ0) is 19.6. The molecule has 8 nitrogen and oxygen atoms in total. The molecule has 27 heavy (non-hydrogen) atoms. The molecule has 2 heterocycles. The monoisotopic (exact) mass is 393 g/mol. The zero-order valence-electron chi connectivity index (χ0n) is 15.4. The Balaban J connectivity index is 1.49. The molecule has 0 bridgehead atoms. The van der Waals surface area contributed by atoms with E-state index in [9.17, 15) is 18.6 Å². The smallest absolute Gasteiger partial charge is 0.410 e. The van der Waals surface area contributed by atoms with Gasteiger partial charge in [0.2, 0.25) is 0 Å². The molecule has 1 spiro atoms. The standard InChI is InChI=1S/C18H23N3O5S/c1-20-12-18(26-17(20)24)7-9-21(10-8-18)16(23)15(22)19-11-13-3-5-14(6-4-13)27(2)25/h3-6H,7-12H2,1-2H3,(H,19,22). The molecular weight excluding hydrogens is 370 g/mol. The molecule has 2 aliphatic heterocycles. The Morgan fingerprint density at radius 2 is 1.85 bits per heavy atom. The minimum atomic E-state index is -1.05. The number of carbonyl (C=O) groups excluding carboxylic acids is 3. The van der Waals surface area contributed by atoms with Crippen LogP contribution < -0.4 is 5.32 Å². The number of ether oxygens (including phenoxy) is 1. The van der Waals surface area contributed by atoms with E-state index in [0.29, 0.717) is 37.4 Å². The summed E-state index contributed by atoms with van der Waals surface area (Å²) >= 11 is 0. The zero-order valence-corrected chi connectivity index (χ0v) is 16.2. The van der Waals surface area contributed by atoms with Crippen LogP contribution in [0.25, 0.3) is 0 Å². The summed E-state index contributed by atoms with van der Waals surface area (Å²) in [7, 11) is 0.636.